The van der Waals surface area contributed by atoms with E-state index in [1.54, 1.807) is 0 Å². The molecule has 4 heteroatoms. The van der Waals surface area contributed by atoms with Crippen LogP contribution in [0.25, 0.3) is 0 Å². The van der Waals surface area contributed by atoms with E-state index in [0.717, 1.165) is 51.6 Å². The average Bonchev–Trinajstić information content (AvgIpc) is 2.31. The fourth-order valence-electron chi connectivity index (χ4n) is 2.62. The highest BCUT2D eigenvalue weighted by molar-refractivity contribution is 5.79. The van der Waals surface area contributed by atoms with Gasteiger partial charge in [0.25, 0.3) is 0 Å². The second-order valence-electron chi connectivity index (χ2n) is 5.04. The number of aliphatic hydroxyl groups is 1. The summed E-state index contributed by atoms with van der Waals surface area (Å²) in [5, 5.41) is 15.8. The van der Waals surface area contributed by atoms with Crippen LogP contribution in [0, 0.1) is 5.92 Å². The maximum Gasteiger partial charge on any atom is 0.223 e. The Kier molecular flexibility index (Phi) is 4.18. The van der Waals surface area contributed by atoms with Gasteiger partial charge in [-0.3, -0.25) is 4.79 Å². The SMILES string of the molecule is O=C(NC1CCNCC1)C1CCC(O)CC1. The first-order chi connectivity index (χ1) is 7.75. The summed E-state index contributed by atoms with van der Waals surface area (Å²) >= 11 is 0. The van der Waals surface area contributed by atoms with Crippen LogP contribution in [0.15, 0.2) is 0 Å². The summed E-state index contributed by atoms with van der Waals surface area (Å²) in [5.41, 5.74) is 0. The van der Waals surface area contributed by atoms with Crippen LogP contribution in [0.5, 0.6) is 0 Å². The molecule has 4 nitrogen and oxygen atoms in total. The largest absolute Gasteiger partial charge is 0.393 e. The Labute approximate surface area is 96.8 Å². The lowest BCUT2D eigenvalue weighted by Gasteiger charge is -2.28. The van der Waals surface area contributed by atoms with Crippen LogP contribution in [0.3, 0.4) is 0 Å². The molecule has 3 N–H and O–H groups in total. The number of aliphatic hydroxyl groups excluding tert-OH is 1. The predicted molar refractivity (Wildman–Crippen MR) is 62.0 cm³/mol. The molecular weight excluding hydrogens is 204 g/mol. The van der Waals surface area contributed by atoms with Gasteiger partial charge in [0.2, 0.25) is 5.91 Å². The minimum atomic E-state index is -0.178. The van der Waals surface area contributed by atoms with Crippen LogP contribution in [0.4, 0.5) is 0 Å². The molecule has 0 aromatic rings. The molecule has 16 heavy (non-hydrogen) atoms. The Balaban J connectivity index is 1.74. The number of nitrogens with one attached hydrogen (secondary N) is 2. The van der Waals surface area contributed by atoms with Crippen molar-refractivity contribution in [1.82, 2.24) is 10.6 Å². The maximum absolute atomic E-state index is 12.0. The van der Waals surface area contributed by atoms with E-state index in [1.807, 2.05) is 0 Å². The van der Waals surface area contributed by atoms with Gasteiger partial charge in [0.05, 0.1) is 6.10 Å². The summed E-state index contributed by atoms with van der Waals surface area (Å²) < 4.78 is 0. The maximum atomic E-state index is 12.0. The minimum absolute atomic E-state index is 0.137. The third-order valence-electron chi connectivity index (χ3n) is 3.75. The molecule has 1 aliphatic heterocycles. The first-order valence-electron chi connectivity index (χ1n) is 6.45. The summed E-state index contributed by atoms with van der Waals surface area (Å²) in [6.07, 6.45) is 5.16. The third kappa shape index (κ3) is 3.19. The zero-order valence-electron chi connectivity index (χ0n) is 9.74. The smallest absolute Gasteiger partial charge is 0.223 e. The van der Waals surface area contributed by atoms with E-state index in [2.05, 4.69) is 10.6 Å². The van der Waals surface area contributed by atoms with Crippen molar-refractivity contribution in [2.45, 2.75) is 50.7 Å². The molecule has 92 valence electrons. The lowest BCUT2D eigenvalue weighted by Crippen LogP contribution is -2.45. The molecule has 1 amide bonds. The monoisotopic (exact) mass is 226 g/mol. The summed E-state index contributed by atoms with van der Waals surface area (Å²) in [4.78, 5) is 12.0. The predicted octanol–water partition coefficient (Wildman–Crippen LogP) is 0.406. The number of piperidine rings is 1. The number of amides is 1. The highest BCUT2D eigenvalue weighted by Crippen LogP contribution is 2.24. The first kappa shape index (κ1) is 11.9. The van der Waals surface area contributed by atoms with Crippen molar-refractivity contribution >= 4 is 5.91 Å². The Bertz CT molecular complexity index is 231. The lowest BCUT2D eigenvalue weighted by atomic mass is 9.86. The third-order valence-corrected chi connectivity index (χ3v) is 3.75. The van der Waals surface area contributed by atoms with E-state index in [4.69, 9.17) is 0 Å². The van der Waals surface area contributed by atoms with Crippen molar-refractivity contribution in [3.63, 3.8) is 0 Å². The van der Waals surface area contributed by atoms with Crippen LogP contribution in [-0.2, 0) is 4.79 Å². The average molecular weight is 226 g/mol. The topological polar surface area (TPSA) is 61.4 Å². The summed E-state index contributed by atoms with van der Waals surface area (Å²) in [7, 11) is 0. The van der Waals surface area contributed by atoms with E-state index in [0.29, 0.717) is 6.04 Å². The van der Waals surface area contributed by atoms with Crippen LogP contribution in [-0.4, -0.2) is 36.2 Å². The summed E-state index contributed by atoms with van der Waals surface area (Å²) in [6.45, 7) is 2.02. The van der Waals surface area contributed by atoms with Crippen molar-refractivity contribution in [1.29, 1.82) is 0 Å². The second kappa shape index (κ2) is 5.64. The fraction of sp³-hybridized carbons (Fsp3) is 0.917. The number of carbonyl (C=O) groups excluding carboxylic acids is 1. The van der Waals surface area contributed by atoms with Gasteiger partial charge in [0, 0.05) is 12.0 Å². The van der Waals surface area contributed by atoms with E-state index < -0.39 is 0 Å². The molecule has 0 atom stereocenters. The van der Waals surface area contributed by atoms with Gasteiger partial charge in [-0.2, -0.15) is 0 Å². The Morgan fingerprint density at radius 3 is 2.31 bits per heavy atom. The van der Waals surface area contributed by atoms with E-state index >= 15 is 0 Å². The van der Waals surface area contributed by atoms with Crippen LogP contribution in [0.2, 0.25) is 0 Å². The van der Waals surface area contributed by atoms with Gasteiger partial charge < -0.3 is 15.7 Å². The number of hydrogen-bond acceptors (Lipinski definition) is 3. The highest BCUT2D eigenvalue weighted by Gasteiger charge is 2.26. The zero-order chi connectivity index (χ0) is 11.4. The molecule has 0 aromatic carbocycles. The highest BCUT2D eigenvalue weighted by atomic mass is 16.3. The number of carbonyl (C=O) groups is 1. The minimum Gasteiger partial charge on any atom is -0.393 e. The molecule has 0 bridgehead atoms. The van der Waals surface area contributed by atoms with Gasteiger partial charge in [0.15, 0.2) is 0 Å². The molecule has 1 aliphatic carbocycles. The molecule has 0 unspecified atom stereocenters. The molecular formula is C12H22N2O2. The fourth-order valence-corrected chi connectivity index (χ4v) is 2.62. The van der Waals surface area contributed by atoms with Crippen LogP contribution < -0.4 is 10.6 Å². The van der Waals surface area contributed by atoms with Crippen molar-refractivity contribution in [2.24, 2.45) is 5.92 Å². The Morgan fingerprint density at radius 1 is 1.06 bits per heavy atom. The molecule has 2 rings (SSSR count). The molecule has 1 saturated heterocycles. The summed E-state index contributed by atoms with van der Waals surface area (Å²) in [6, 6.07) is 0.362. The summed E-state index contributed by atoms with van der Waals surface area (Å²) in [5.74, 6) is 0.345. The normalized spacial score (nSPS) is 32.3. The number of hydrogen-bond donors (Lipinski definition) is 3. The van der Waals surface area contributed by atoms with Gasteiger partial charge >= 0.3 is 0 Å². The van der Waals surface area contributed by atoms with Gasteiger partial charge in [-0.15, -0.1) is 0 Å². The molecule has 1 heterocycles. The van der Waals surface area contributed by atoms with Crippen molar-refractivity contribution < 1.29 is 9.90 Å². The molecule has 1 saturated carbocycles. The van der Waals surface area contributed by atoms with Gasteiger partial charge in [-0.1, -0.05) is 0 Å². The molecule has 0 radical (unpaired) electrons. The van der Waals surface area contributed by atoms with Crippen LogP contribution >= 0.6 is 0 Å². The Hall–Kier alpha value is -0.610. The second-order valence-corrected chi connectivity index (χ2v) is 5.04. The Morgan fingerprint density at radius 2 is 1.69 bits per heavy atom. The van der Waals surface area contributed by atoms with Gasteiger partial charge in [0.1, 0.15) is 0 Å². The van der Waals surface area contributed by atoms with Gasteiger partial charge in [-0.25, -0.2) is 0 Å². The van der Waals surface area contributed by atoms with Crippen molar-refractivity contribution in [2.75, 3.05) is 13.1 Å². The lowest BCUT2D eigenvalue weighted by molar-refractivity contribution is -0.127. The molecule has 2 fully saturated rings. The first-order valence-corrected chi connectivity index (χ1v) is 6.45. The van der Waals surface area contributed by atoms with E-state index in [-0.39, 0.29) is 17.9 Å². The van der Waals surface area contributed by atoms with Crippen molar-refractivity contribution in [3.05, 3.63) is 0 Å². The molecule has 2 aliphatic rings. The van der Waals surface area contributed by atoms with E-state index in [1.165, 1.54) is 0 Å². The standard InChI is InChI=1S/C12H22N2O2/c15-11-3-1-9(2-4-11)12(16)14-10-5-7-13-8-6-10/h9-11,13,15H,1-8H2,(H,14,16). The van der Waals surface area contributed by atoms with Crippen LogP contribution in [0.1, 0.15) is 38.5 Å². The van der Waals surface area contributed by atoms with Gasteiger partial charge in [-0.05, 0) is 51.6 Å². The number of rotatable bonds is 2. The van der Waals surface area contributed by atoms with E-state index in [9.17, 15) is 9.90 Å². The zero-order valence-corrected chi connectivity index (χ0v) is 9.74. The molecule has 0 aromatic heterocycles. The quantitative estimate of drug-likeness (QED) is 0.639. The molecule has 0 spiro atoms. The van der Waals surface area contributed by atoms with Crippen molar-refractivity contribution in [3.8, 4) is 0 Å².